The summed E-state index contributed by atoms with van der Waals surface area (Å²) in [6, 6.07) is 3.50. The minimum Gasteiger partial charge on any atom is -0.421 e. The lowest BCUT2D eigenvalue weighted by Gasteiger charge is -2.01. The van der Waals surface area contributed by atoms with Crippen LogP contribution in [0.1, 0.15) is 15.4 Å². The maximum Gasteiger partial charge on any atom is 0.355 e. The SMILES string of the molecule is Cc1ccc(OC(=O)c2cncs2)cn1. The van der Waals surface area contributed by atoms with Gasteiger partial charge in [0.25, 0.3) is 0 Å². The molecule has 0 amide bonds. The molecule has 5 heteroatoms. The first-order valence-electron chi connectivity index (χ1n) is 4.29. The lowest BCUT2D eigenvalue weighted by atomic mass is 10.4. The van der Waals surface area contributed by atoms with Crippen LogP contribution in [0.2, 0.25) is 0 Å². The first-order valence-corrected chi connectivity index (χ1v) is 5.17. The molecule has 2 rings (SSSR count). The molecule has 0 saturated carbocycles. The minimum absolute atomic E-state index is 0.400. The summed E-state index contributed by atoms with van der Waals surface area (Å²) in [5, 5.41) is 0. The molecule has 0 aromatic carbocycles. The van der Waals surface area contributed by atoms with E-state index >= 15 is 0 Å². The first-order chi connectivity index (χ1) is 7.25. The summed E-state index contributed by atoms with van der Waals surface area (Å²) in [6.07, 6.45) is 3.00. The standard InChI is InChI=1S/C10H8N2O2S/c1-7-2-3-8(4-12-7)14-10(13)9-5-11-6-15-9/h2-6H,1H3. The van der Waals surface area contributed by atoms with E-state index in [1.165, 1.54) is 23.7 Å². The van der Waals surface area contributed by atoms with Crippen LogP contribution in [0.3, 0.4) is 0 Å². The van der Waals surface area contributed by atoms with E-state index in [1.807, 2.05) is 6.92 Å². The Morgan fingerprint density at radius 2 is 2.27 bits per heavy atom. The van der Waals surface area contributed by atoms with Crippen LogP contribution in [-0.2, 0) is 0 Å². The summed E-state index contributed by atoms with van der Waals surface area (Å²) in [4.78, 5) is 19.8. The van der Waals surface area contributed by atoms with Crippen molar-refractivity contribution < 1.29 is 9.53 Å². The third kappa shape index (κ3) is 2.38. The summed E-state index contributed by atoms with van der Waals surface area (Å²) in [6.45, 7) is 1.87. The van der Waals surface area contributed by atoms with Crippen molar-refractivity contribution in [3.05, 3.63) is 40.6 Å². The molecule has 0 aliphatic rings. The van der Waals surface area contributed by atoms with Crippen LogP contribution in [-0.4, -0.2) is 15.9 Å². The molecule has 0 saturated heterocycles. The molecule has 15 heavy (non-hydrogen) atoms. The van der Waals surface area contributed by atoms with E-state index in [-0.39, 0.29) is 0 Å². The Labute approximate surface area is 90.6 Å². The van der Waals surface area contributed by atoms with Gasteiger partial charge in [0.1, 0.15) is 10.6 Å². The van der Waals surface area contributed by atoms with E-state index < -0.39 is 5.97 Å². The Bertz CT molecular complexity index is 451. The number of hydrogen-bond donors (Lipinski definition) is 0. The fraction of sp³-hybridized carbons (Fsp3) is 0.100. The largest absolute Gasteiger partial charge is 0.421 e. The van der Waals surface area contributed by atoms with Crippen LogP contribution in [0.4, 0.5) is 0 Å². The molecule has 2 aromatic heterocycles. The van der Waals surface area contributed by atoms with Gasteiger partial charge in [0, 0.05) is 5.69 Å². The van der Waals surface area contributed by atoms with Gasteiger partial charge in [-0.15, -0.1) is 11.3 Å². The molecule has 0 spiro atoms. The molecular formula is C10H8N2O2S. The van der Waals surface area contributed by atoms with Crippen LogP contribution in [0, 0.1) is 6.92 Å². The lowest BCUT2D eigenvalue weighted by molar-refractivity contribution is 0.0739. The van der Waals surface area contributed by atoms with Crippen molar-refractivity contribution in [3.8, 4) is 5.75 Å². The van der Waals surface area contributed by atoms with Gasteiger partial charge in [0.05, 0.1) is 17.9 Å². The van der Waals surface area contributed by atoms with Gasteiger partial charge in [0.15, 0.2) is 0 Å². The Hall–Kier alpha value is -1.75. The van der Waals surface area contributed by atoms with Crippen LogP contribution in [0.25, 0.3) is 0 Å². The average molecular weight is 220 g/mol. The van der Waals surface area contributed by atoms with Crippen molar-refractivity contribution in [2.24, 2.45) is 0 Å². The van der Waals surface area contributed by atoms with Gasteiger partial charge in [-0.1, -0.05) is 0 Å². The van der Waals surface area contributed by atoms with Crippen LogP contribution < -0.4 is 4.74 Å². The fourth-order valence-electron chi connectivity index (χ4n) is 0.989. The van der Waals surface area contributed by atoms with E-state index in [9.17, 15) is 4.79 Å². The first kappa shape index (κ1) is 9.79. The van der Waals surface area contributed by atoms with E-state index in [0.29, 0.717) is 10.6 Å². The Morgan fingerprint density at radius 1 is 1.40 bits per heavy atom. The van der Waals surface area contributed by atoms with E-state index in [4.69, 9.17) is 4.74 Å². The second-order valence-electron chi connectivity index (χ2n) is 2.89. The van der Waals surface area contributed by atoms with Crippen LogP contribution >= 0.6 is 11.3 Å². The van der Waals surface area contributed by atoms with Gasteiger partial charge in [0.2, 0.25) is 0 Å². The second-order valence-corrected chi connectivity index (χ2v) is 3.78. The van der Waals surface area contributed by atoms with Gasteiger partial charge in [-0.2, -0.15) is 0 Å². The van der Waals surface area contributed by atoms with Crippen molar-refractivity contribution in [1.29, 1.82) is 0 Å². The van der Waals surface area contributed by atoms with E-state index in [2.05, 4.69) is 9.97 Å². The van der Waals surface area contributed by atoms with Gasteiger partial charge in [-0.05, 0) is 19.1 Å². The summed E-state index contributed by atoms with van der Waals surface area (Å²) in [5.41, 5.74) is 2.47. The quantitative estimate of drug-likeness (QED) is 0.727. The molecular weight excluding hydrogens is 212 g/mol. The van der Waals surface area contributed by atoms with Crippen molar-refractivity contribution >= 4 is 17.3 Å². The zero-order valence-electron chi connectivity index (χ0n) is 8.01. The number of aromatic nitrogens is 2. The highest BCUT2D eigenvalue weighted by molar-refractivity contribution is 7.11. The highest BCUT2D eigenvalue weighted by atomic mass is 32.1. The lowest BCUT2D eigenvalue weighted by Crippen LogP contribution is -2.06. The molecule has 2 heterocycles. The predicted octanol–water partition coefficient (Wildman–Crippen LogP) is 2.07. The molecule has 0 radical (unpaired) electrons. The highest BCUT2D eigenvalue weighted by Crippen LogP contribution is 2.13. The number of rotatable bonds is 2. The molecule has 0 bridgehead atoms. The smallest absolute Gasteiger partial charge is 0.355 e. The average Bonchev–Trinajstić information content (AvgIpc) is 2.74. The topological polar surface area (TPSA) is 52.1 Å². The zero-order valence-corrected chi connectivity index (χ0v) is 8.82. The van der Waals surface area contributed by atoms with Gasteiger partial charge in [-0.25, -0.2) is 4.79 Å². The number of hydrogen-bond acceptors (Lipinski definition) is 5. The third-order valence-electron chi connectivity index (χ3n) is 1.73. The number of nitrogens with zero attached hydrogens (tertiary/aromatic N) is 2. The summed E-state index contributed by atoms with van der Waals surface area (Å²) in [7, 11) is 0. The maximum absolute atomic E-state index is 11.5. The fourth-order valence-corrected chi connectivity index (χ4v) is 1.48. The predicted molar refractivity (Wildman–Crippen MR) is 56.0 cm³/mol. The molecule has 0 fully saturated rings. The summed E-state index contributed by atoms with van der Waals surface area (Å²) >= 11 is 1.25. The minimum atomic E-state index is -0.400. The Kier molecular flexibility index (Phi) is 2.73. The zero-order chi connectivity index (χ0) is 10.7. The second kappa shape index (κ2) is 4.18. The molecule has 76 valence electrons. The molecule has 0 unspecified atom stereocenters. The molecule has 4 nitrogen and oxygen atoms in total. The number of aryl methyl sites for hydroxylation is 1. The molecule has 0 aliphatic heterocycles. The number of pyridine rings is 1. The molecule has 2 aromatic rings. The summed E-state index contributed by atoms with van der Waals surface area (Å²) in [5.74, 6) is 0.0437. The Morgan fingerprint density at radius 3 is 2.87 bits per heavy atom. The maximum atomic E-state index is 11.5. The summed E-state index contributed by atoms with van der Waals surface area (Å²) < 4.78 is 5.08. The van der Waals surface area contributed by atoms with Gasteiger partial charge >= 0.3 is 5.97 Å². The van der Waals surface area contributed by atoms with E-state index in [0.717, 1.165) is 5.69 Å². The molecule has 0 atom stereocenters. The van der Waals surface area contributed by atoms with Gasteiger partial charge in [-0.3, -0.25) is 9.97 Å². The number of carbonyl (C=O) groups is 1. The van der Waals surface area contributed by atoms with Crippen LogP contribution in [0.15, 0.2) is 30.0 Å². The van der Waals surface area contributed by atoms with Crippen molar-refractivity contribution in [1.82, 2.24) is 9.97 Å². The number of ether oxygens (including phenoxy) is 1. The monoisotopic (exact) mass is 220 g/mol. The molecule has 0 aliphatic carbocycles. The Balaban J connectivity index is 2.09. The highest BCUT2D eigenvalue weighted by Gasteiger charge is 2.09. The number of thiazole rings is 1. The van der Waals surface area contributed by atoms with Crippen LogP contribution in [0.5, 0.6) is 5.75 Å². The van der Waals surface area contributed by atoms with Crippen molar-refractivity contribution in [2.75, 3.05) is 0 Å². The van der Waals surface area contributed by atoms with Crippen molar-refractivity contribution in [3.63, 3.8) is 0 Å². The number of carbonyl (C=O) groups excluding carboxylic acids is 1. The van der Waals surface area contributed by atoms with Crippen molar-refractivity contribution in [2.45, 2.75) is 6.92 Å². The number of esters is 1. The third-order valence-corrected chi connectivity index (χ3v) is 2.48. The van der Waals surface area contributed by atoms with Gasteiger partial charge < -0.3 is 4.74 Å². The molecule has 0 N–H and O–H groups in total. The normalized spacial score (nSPS) is 9.93. The van der Waals surface area contributed by atoms with E-state index in [1.54, 1.807) is 17.6 Å².